The number of rotatable bonds is 5. The number of ether oxygens (including phenoxy) is 2. The fraction of sp³-hybridized carbons (Fsp3) is 0.562. The number of nitro benzene ring substituents is 1. The molecule has 0 bridgehead atoms. The molecule has 1 fully saturated rings. The first-order valence-electron chi connectivity index (χ1n) is 7.70. The van der Waals surface area contributed by atoms with Gasteiger partial charge in [-0.05, 0) is 39.2 Å². The highest BCUT2D eigenvalue weighted by Crippen LogP contribution is 2.34. The Bertz CT molecular complexity index is 593. The van der Waals surface area contributed by atoms with Gasteiger partial charge in [0, 0.05) is 12.1 Å². The zero-order valence-corrected chi connectivity index (χ0v) is 14.0. The van der Waals surface area contributed by atoms with Crippen molar-refractivity contribution in [1.29, 1.82) is 0 Å². The second kappa shape index (κ2) is 7.30. The fourth-order valence-corrected chi connectivity index (χ4v) is 2.91. The van der Waals surface area contributed by atoms with E-state index in [9.17, 15) is 10.1 Å². The fourth-order valence-electron chi connectivity index (χ4n) is 2.91. The van der Waals surface area contributed by atoms with E-state index in [2.05, 4.69) is 18.9 Å². The molecule has 0 spiro atoms. The van der Waals surface area contributed by atoms with Crippen LogP contribution in [0.3, 0.4) is 0 Å². The maximum atomic E-state index is 11.3. The first-order chi connectivity index (χ1) is 11.0. The van der Waals surface area contributed by atoms with Crippen molar-refractivity contribution >= 4 is 11.9 Å². The minimum absolute atomic E-state index is 0.0521. The van der Waals surface area contributed by atoms with Crippen molar-refractivity contribution in [3.05, 3.63) is 27.8 Å². The van der Waals surface area contributed by atoms with Crippen LogP contribution in [0.5, 0.6) is 11.5 Å². The Hall–Kier alpha value is -2.31. The number of benzene rings is 1. The molecule has 1 heterocycles. The first kappa shape index (κ1) is 17.1. The maximum Gasteiger partial charge on any atom is 0.282 e. The zero-order chi connectivity index (χ0) is 17.0. The minimum atomic E-state index is -0.438. The van der Waals surface area contributed by atoms with E-state index in [1.165, 1.54) is 26.7 Å². The number of nitro groups is 1. The number of hydrazone groups is 1. The monoisotopic (exact) mass is 321 g/mol. The summed E-state index contributed by atoms with van der Waals surface area (Å²) in [5, 5.41) is 17.8. The van der Waals surface area contributed by atoms with Crippen LogP contribution in [0.4, 0.5) is 5.69 Å². The van der Waals surface area contributed by atoms with E-state index < -0.39 is 4.92 Å². The molecule has 126 valence electrons. The van der Waals surface area contributed by atoms with Crippen LogP contribution >= 0.6 is 0 Å². The van der Waals surface area contributed by atoms with Gasteiger partial charge in [0.1, 0.15) is 0 Å². The Morgan fingerprint density at radius 3 is 2.30 bits per heavy atom. The third kappa shape index (κ3) is 3.72. The van der Waals surface area contributed by atoms with Gasteiger partial charge < -0.3 is 9.47 Å². The Kier molecular flexibility index (Phi) is 5.41. The van der Waals surface area contributed by atoms with E-state index in [0.29, 0.717) is 29.1 Å². The third-order valence-corrected chi connectivity index (χ3v) is 4.21. The molecule has 0 aromatic heterocycles. The van der Waals surface area contributed by atoms with Gasteiger partial charge in [-0.3, -0.25) is 15.1 Å². The standard InChI is InChI=1S/C16H23N3O4/c1-11-6-5-7-12(2)18(11)17-10-13-8-15(22-3)16(23-4)9-14(13)19(20)21/h8-12H,5-7H2,1-4H3/b17-10-/t11-,12+. The molecule has 1 aliphatic rings. The van der Waals surface area contributed by atoms with E-state index >= 15 is 0 Å². The van der Waals surface area contributed by atoms with Gasteiger partial charge in [-0.2, -0.15) is 5.10 Å². The van der Waals surface area contributed by atoms with Gasteiger partial charge >= 0.3 is 0 Å². The summed E-state index contributed by atoms with van der Waals surface area (Å²) < 4.78 is 10.3. The topological polar surface area (TPSA) is 77.2 Å². The molecule has 1 aromatic carbocycles. The molecular weight excluding hydrogens is 298 g/mol. The normalized spacial score (nSPS) is 21.5. The van der Waals surface area contributed by atoms with Gasteiger partial charge in [-0.15, -0.1) is 0 Å². The first-order valence-corrected chi connectivity index (χ1v) is 7.70. The van der Waals surface area contributed by atoms with Gasteiger partial charge in [0.15, 0.2) is 11.5 Å². The molecule has 0 radical (unpaired) electrons. The number of hydrogen-bond donors (Lipinski definition) is 0. The second-order valence-electron chi connectivity index (χ2n) is 5.78. The Labute approximate surface area is 136 Å². The summed E-state index contributed by atoms with van der Waals surface area (Å²) in [5.41, 5.74) is 0.348. The van der Waals surface area contributed by atoms with Crippen molar-refractivity contribution in [2.24, 2.45) is 5.10 Å². The van der Waals surface area contributed by atoms with E-state index in [1.807, 2.05) is 5.01 Å². The average molecular weight is 321 g/mol. The third-order valence-electron chi connectivity index (χ3n) is 4.21. The van der Waals surface area contributed by atoms with Crippen LogP contribution in [-0.4, -0.2) is 42.5 Å². The highest BCUT2D eigenvalue weighted by atomic mass is 16.6. The van der Waals surface area contributed by atoms with Crippen molar-refractivity contribution in [2.75, 3.05) is 14.2 Å². The lowest BCUT2D eigenvalue weighted by atomic mass is 10.00. The van der Waals surface area contributed by atoms with Gasteiger partial charge in [0.2, 0.25) is 0 Å². The largest absolute Gasteiger partial charge is 0.493 e. The SMILES string of the molecule is COc1cc(/C=N\N2[C@H](C)CCC[C@@H]2C)c([N+](=O)[O-])cc1OC. The maximum absolute atomic E-state index is 11.3. The van der Waals surface area contributed by atoms with Crippen molar-refractivity contribution < 1.29 is 14.4 Å². The van der Waals surface area contributed by atoms with Crippen LogP contribution in [0.25, 0.3) is 0 Å². The molecule has 1 aliphatic heterocycles. The van der Waals surface area contributed by atoms with Gasteiger partial charge in [-0.1, -0.05) is 0 Å². The van der Waals surface area contributed by atoms with E-state index in [4.69, 9.17) is 9.47 Å². The second-order valence-corrected chi connectivity index (χ2v) is 5.78. The predicted octanol–water partition coefficient (Wildman–Crippen LogP) is 3.21. The Balaban J connectivity index is 2.37. The average Bonchev–Trinajstić information content (AvgIpc) is 2.53. The van der Waals surface area contributed by atoms with E-state index in [-0.39, 0.29) is 5.69 Å². The molecule has 1 aromatic rings. The van der Waals surface area contributed by atoms with E-state index in [1.54, 1.807) is 12.3 Å². The molecular formula is C16H23N3O4. The Morgan fingerprint density at radius 2 is 1.78 bits per heavy atom. The molecule has 0 amide bonds. The molecule has 1 saturated heterocycles. The van der Waals surface area contributed by atoms with Gasteiger partial charge in [0.05, 0.1) is 37.0 Å². The molecule has 0 N–H and O–H groups in total. The lowest BCUT2D eigenvalue weighted by molar-refractivity contribution is -0.385. The van der Waals surface area contributed by atoms with Crippen molar-refractivity contribution in [2.45, 2.75) is 45.2 Å². The van der Waals surface area contributed by atoms with Crippen LogP contribution in [-0.2, 0) is 0 Å². The number of hydrogen-bond acceptors (Lipinski definition) is 6. The van der Waals surface area contributed by atoms with Gasteiger partial charge in [-0.25, -0.2) is 0 Å². The van der Waals surface area contributed by atoms with Crippen LogP contribution in [0.1, 0.15) is 38.7 Å². The molecule has 2 rings (SSSR count). The van der Waals surface area contributed by atoms with Crippen molar-refractivity contribution in [3.8, 4) is 11.5 Å². The van der Waals surface area contributed by atoms with Crippen molar-refractivity contribution in [1.82, 2.24) is 5.01 Å². The number of methoxy groups -OCH3 is 2. The van der Waals surface area contributed by atoms with Crippen LogP contribution < -0.4 is 9.47 Å². The predicted molar refractivity (Wildman–Crippen MR) is 88.4 cm³/mol. The molecule has 7 heteroatoms. The highest BCUT2D eigenvalue weighted by Gasteiger charge is 2.24. The summed E-state index contributed by atoms with van der Waals surface area (Å²) >= 11 is 0. The summed E-state index contributed by atoms with van der Waals surface area (Å²) in [6.07, 6.45) is 4.88. The molecule has 0 aliphatic carbocycles. The van der Waals surface area contributed by atoms with Gasteiger partial charge in [0.25, 0.3) is 5.69 Å². The van der Waals surface area contributed by atoms with Crippen LogP contribution in [0.2, 0.25) is 0 Å². The van der Waals surface area contributed by atoms with Crippen molar-refractivity contribution in [3.63, 3.8) is 0 Å². The smallest absolute Gasteiger partial charge is 0.282 e. The minimum Gasteiger partial charge on any atom is -0.493 e. The van der Waals surface area contributed by atoms with Crippen LogP contribution in [0.15, 0.2) is 17.2 Å². The summed E-state index contributed by atoms with van der Waals surface area (Å²) in [5.74, 6) is 0.773. The summed E-state index contributed by atoms with van der Waals surface area (Å²) in [6, 6.07) is 3.60. The molecule has 0 unspecified atom stereocenters. The summed E-state index contributed by atoms with van der Waals surface area (Å²) in [7, 11) is 2.95. The number of nitrogens with zero attached hydrogens (tertiary/aromatic N) is 3. The van der Waals surface area contributed by atoms with E-state index in [0.717, 1.165) is 12.8 Å². The number of piperidine rings is 1. The lowest BCUT2D eigenvalue weighted by Crippen LogP contribution is -2.39. The zero-order valence-electron chi connectivity index (χ0n) is 14.0. The molecule has 0 saturated carbocycles. The Morgan fingerprint density at radius 1 is 1.22 bits per heavy atom. The molecule has 23 heavy (non-hydrogen) atoms. The van der Waals surface area contributed by atoms with Crippen LogP contribution in [0, 0.1) is 10.1 Å². The summed E-state index contributed by atoms with van der Waals surface area (Å²) in [6.45, 7) is 4.24. The summed E-state index contributed by atoms with van der Waals surface area (Å²) in [4.78, 5) is 10.9. The lowest BCUT2D eigenvalue weighted by Gasteiger charge is -2.36. The molecule has 7 nitrogen and oxygen atoms in total. The molecule has 2 atom stereocenters. The quantitative estimate of drug-likeness (QED) is 0.473. The highest BCUT2D eigenvalue weighted by molar-refractivity contribution is 5.86.